The Labute approximate surface area is 274 Å². The van der Waals surface area contributed by atoms with E-state index in [9.17, 15) is 10.2 Å². The molecule has 2 atom stereocenters. The molecule has 3 rings (SSSR count). The van der Waals surface area contributed by atoms with Crippen molar-refractivity contribution in [2.75, 3.05) is 6.61 Å². The molecule has 1 aliphatic carbocycles. The summed E-state index contributed by atoms with van der Waals surface area (Å²) < 4.78 is 6.03. The quantitative estimate of drug-likeness (QED) is 0.0961. The van der Waals surface area contributed by atoms with Crippen molar-refractivity contribution in [1.82, 2.24) is 0 Å². The van der Waals surface area contributed by atoms with Crippen molar-refractivity contribution in [3.63, 3.8) is 0 Å². The number of ether oxygens (including phenoxy) is 1. The van der Waals surface area contributed by atoms with Gasteiger partial charge in [0.25, 0.3) is 0 Å². The number of hydrogen-bond acceptors (Lipinski definition) is 5. The van der Waals surface area contributed by atoms with Gasteiger partial charge < -0.3 is 14.9 Å². The monoisotopic (exact) mass is 618 g/mol. The third-order valence-corrected chi connectivity index (χ3v) is 9.20. The smallest absolute Gasteiger partial charge is 0.124 e. The summed E-state index contributed by atoms with van der Waals surface area (Å²) in [6, 6.07) is 11.1. The number of aliphatic imine (C=N–C) groups is 2. The van der Waals surface area contributed by atoms with E-state index < -0.39 is 0 Å². The maximum absolute atomic E-state index is 10.5. The second kappa shape index (κ2) is 22.6. The first-order valence-corrected chi connectivity index (χ1v) is 18.4. The Bertz CT molecular complexity index is 1130. The van der Waals surface area contributed by atoms with Crippen LogP contribution in [0.5, 0.6) is 17.2 Å². The molecule has 2 N–H and O–H groups in total. The average Bonchev–Trinajstić information content (AvgIpc) is 3.05. The van der Waals surface area contributed by atoms with E-state index in [4.69, 9.17) is 14.7 Å². The minimum atomic E-state index is 0.0563. The third-order valence-electron chi connectivity index (χ3n) is 9.20. The SMILES string of the molecule is CCCCCCCCCCCCCCCCCCCOc1ccc(O)c(C=N[C@@H]2CCCC[C@H]2N=Cc2cc(C)ccc2O)c1. The van der Waals surface area contributed by atoms with E-state index >= 15 is 0 Å². The van der Waals surface area contributed by atoms with Gasteiger partial charge in [-0.1, -0.05) is 134 Å². The summed E-state index contributed by atoms with van der Waals surface area (Å²) in [5.74, 6) is 1.24. The Hall–Kier alpha value is -2.82. The molecule has 0 unspecified atom stereocenters. The topological polar surface area (TPSA) is 74.4 Å². The molecule has 0 spiro atoms. The summed E-state index contributed by atoms with van der Waals surface area (Å²) in [6.45, 7) is 5.00. The van der Waals surface area contributed by atoms with Gasteiger partial charge in [-0.05, 0) is 56.5 Å². The zero-order valence-corrected chi connectivity index (χ0v) is 28.5. The van der Waals surface area contributed by atoms with Crippen LogP contribution in [0.2, 0.25) is 0 Å². The first-order chi connectivity index (χ1) is 22.1. The molecular weight excluding hydrogens is 556 g/mol. The van der Waals surface area contributed by atoms with Crippen LogP contribution in [0, 0.1) is 6.92 Å². The number of phenolic OH excluding ortho intramolecular Hbond substituents is 2. The van der Waals surface area contributed by atoms with E-state index in [-0.39, 0.29) is 23.6 Å². The Kier molecular flexibility index (Phi) is 18.4. The molecule has 0 amide bonds. The van der Waals surface area contributed by atoms with Gasteiger partial charge in [-0.15, -0.1) is 0 Å². The standard InChI is InChI=1S/C40H62N2O3/c1-3-4-5-6-7-8-9-10-11-12-13-14-15-16-17-18-21-28-45-36-25-27-40(44)35(30-36)32-42-38-23-20-19-22-37(38)41-31-34-29-33(2)24-26-39(34)43/h24-27,29-32,37-38,43-44H,3-23,28H2,1-2H3/t37-,38-/m1/s1. The van der Waals surface area contributed by atoms with Crippen LogP contribution in [0.15, 0.2) is 46.4 Å². The Morgan fingerprint density at radius 2 is 1.07 bits per heavy atom. The van der Waals surface area contributed by atoms with Gasteiger partial charge in [0, 0.05) is 23.6 Å². The van der Waals surface area contributed by atoms with Crippen molar-refractivity contribution in [2.45, 2.75) is 161 Å². The second-order valence-electron chi connectivity index (χ2n) is 13.3. The lowest BCUT2D eigenvalue weighted by atomic mass is 9.91. The minimum absolute atomic E-state index is 0.0563. The number of rotatable bonds is 23. The molecule has 0 aromatic heterocycles. The molecule has 2 aromatic rings. The lowest BCUT2D eigenvalue weighted by Crippen LogP contribution is -2.27. The number of benzene rings is 2. The molecule has 1 aliphatic rings. The molecule has 1 saturated carbocycles. The number of unbranched alkanes of at least 4 members (excludes halogenated alkanes) is 16. The first kappa shape index (κ1) is 36.6. The van der Waals surface area contributed by atoms with Gasteiger partial charge in [0.05, 0.1) is 18.7 Å². The van der Waals surface area contributed by atoms with Crippen molar-refractivity contribution >= 4 is 12.4 Å². The van der Waals surface area contributed by atoms with Crippen LogP contribution in [0.4, 0.5) is 0 Å². The zero-order valence-electron chi connectivity index (χ0n) is 28.5. The normalized spacial score (nSPS) is 17.0. The fourth-order valence-corrected chi connectivity index (χ4v) is 6.31. The van der Waals surface area contributed by atoms with Crippen LogP contribution >= 0.6 is 0 Å². The summed E-state index contributed by atoms with van der Waals surface area (Å²) in [6.07, 6.45) is 31.0. The molecule has 5 nitrogen and oxygen atoms in total. The third kappa shape index (κ3) is 15.3. The van der Waals surface area contributed by atoms with Gasteiger partial charge in [-0.2, -0.15) is 0 Å². The van der Waals surface area contributed by atoms with E-state index in [2.05, 4.69) is 6.92 Å². The predicted octanol–water partition coefficient (Wildman–Crippen LogP) is 11.3. The molecule has 5 heteroatoms. The fourth-order valence-electron chi connectivity index (χ4n) is 6.31. The van der Waals surface area contributed by atoms with Crippen molar-refractivity contribution in [1.29, 1.82) is 0 Å². The molecule has 250 valence electrons. The maximum atomic E-state index is 10.5. The summed E-state index contributed by atoms with van der Waals surface area (Å²) in [7, 11) is 0. The van der Waals surface area contributed by atoms with Crippen LogP contribution in [0.3, 0.4) is 0 Å². The molecule has 0 aliphatic heterocycles. The molecule has 0 heterocycles. The number of aromatic hydroxyl groups is 2. The molecular formula is C40H62N2O3. The van der Waals surface area contributed by atoms with Crippen LogP contribution in [0.25, 0.3) is 0 Å². The number of nitrogens with zero attached hydrogens (tertiary/aromatic N) is 2. The number of hydrogen-bond donors (Lipinski definition) is 2. The maximum Gasteiger partial charge on any atom is 0.124 e. The predicted molar refractivity (Wildman–Crippen MR) is 192 cm³/mol. The van der Waals surface area contributed by atoms with E-state index in [1.807, 2.05) is 31.2 Å². The fraction of sp³-hybridized carbons (Fsp3) is 0.650. The largest absolute Gasteiger partial charge is 0.507 e. The van der Waals surface area contributed by atoms with Crippen molar-refractivity contribution in [2.24, 2.45) is 9.98 Å². The van der Waals surface area contributed by atoms with E-state index in [1.54, 1.807) is 24.6 Å². The molecule has 45 heavy (non-hydrogen) atoms. The Morgan fingerprint density at radius 3 is 1.58 bits per heavy atom. The van der Waals surface area contributed by atoms with Crippen LogP contribution in [0.1, 0.15) is 158 Å². The Morgan fingerprint density at radius 1 is 0.622 bits per heavy atom. The van der Waals surface area contributed by atoms with E-state index in [0.29, 0.717) is 12.2 Å². The van der Waals surface area contributed by atoms with Gasteiger partial charge in [0.1, 0.15) is 17.2 Å². The van der Waals surface area contributed by atoms with Gasteiger partial charge in [0.2, 0.25) is 0 Å². The van der Waals surface area contributed by atoms with E-state index in [0.717, 1.165) is 49.0 Å². The van der Waals surface area contributed by atoms with Gasteiger partial charge in [0.15, 0.2) is 0 Å². The molecule has 0 radical (unpaired) electrons. The van der Waals surface area contributed by atoms with Crippen LogP contribution in [-0.2, 0) is 0 Å². The van der Waals surface area contributed by atoms with Gasteiger partial charge in [-0.3, -0.25) is 9.98 Å². The summed E-state index contributed by atoms with van der Waals surface area (Å²) >= 11 is 0. The second-order valence-corrected chi connectivity index (χ2v) is 13.3. The zero-order chi connectivity index (χ0) is 32.0. The highest BCUT2D eigenvalue weighted by Gasteiger charge is 2.23. The Balaban J connectivity index is 1.27. The number of phenols is 2. The lowest BCUT2D eigenvalue weighted by molar-refractivity contribution is 0.303. The van der Waals surface area contributed by atoms with Crippen molar-refractivity contribution in [3.05, 3.63) is 53.1 Å². The van der Waals surface area contributed by atoms with Crippen LogP contribution < -0.4 is 4.74 Å². The number of aryl methyl sites for hydroxylation is 1. The first-order valence-electron chi connectivity index (χ1n) is 18.4. The summed E-state index contributed by atoms with van der Waals surface area (Å²) in [5, 5.41) is 20.6. The summed E-state index contributed by atoms with van der Waals surface area (Å²) in [5.41, 5.74) is 2.51. The lowest BCUT2D eigenvalue weighted by Gasteiger charge is -2.25. The molecule has 1 fully saturated rings. The van der Waals surface area contributed by atoms with Gasteiger partial charge in [-0.25, -0.2) is 0 Å². The van der Waals surface area contributed by atoms with E-state index in [1.165, 1.54) is 103 Å². The highest BCUT2D eigenvalue weighted by molar-refractivity contribution is 5.85. The molecule has 0 saturated heterocycles. The highest BCUT2D eigenvalue weighted by atomic mass is 16.5. The van der Waals surface area contributed by atoms with Gasteiger partial charge >= 0.3 is 0 Å². The average molecular weight is 619 g/mol. The molecule has 2 aromatic carbocycles. The highest BCUT2D eigenvalue weighted by Crippen LogP contribution is 2.27. The molecule has 0 bridgehead atoms. The minimum Gasteiger partial charge on any atom is -0.507 e. The van der Waals surface area contributed by atoms with Crippen molar-refractivity contribution < 1.29 is 14.9 Å². The van der Waals surface area contributed by atoms with Crippen molar-refractivity contribution in [3.8, 4) is 17.2 Å². The van der Waals surface area contributed by atoms with Crippen LogP contribution in [-0.4, -0.2) is 41.3 Å². The summed E-state index contributed by atoms with van der Waals surface area (Å²) in [4.78, 5) is 9.67.